The first kappa shape index (κ1) is 19.5. The van der Waals surface area contributed by atoms with Gasteiger partial charge in [0.05, 0.1) is 16.8 Å². The van der Waals surface area contributed by atoms with E-state index >= 15 is 0 Å². The Morgan fingerprint density at radius 2 is 2.14 bits per heavy atom. The van der Waals surface area contributed by atoms with E-state index in [1.165, 1.54) is 5.56 Å². The first-order valence-electron chi connectivity index (χ1n) is 6.81. The maximum absolute atomic E-state index is 9.25. The molecule has 1 aromatic heterocycles. The number of aromatic nitrogens is 2. The third-order valence-electron chi connectivity index (χ3n) is 2.61. The first-order chi connectivity index (χ1) is 9.92. The first-order valence-corrected chi connectivity index (χ1v) is 7.80. The number of hydrogen-bond donors (Lipinski definition) is 1. The van der Waals surface area contributed by atoms with Crippen molar-refractivity contribution < 1.29 is 5.11 Å². The molecule has 0 bridgehead atoms. The van der Waals surface area contributed by atoms with E-state index < -0.39 is 6.10 Å². The Morgan fingerprint density at radius 1 is 1.52 bits per heavy atom. The molecule has 0 aromatic carbocycles. The van der Waals surface area contributed by atoms with Crippen LogP contribution in [0.25, 0.3) is 0 Å². The molecule has 1 rings (SSSR count). The van der Waals surface area contributed by atoms with Gasteiger partial charge in [0.25, 0.3) is 0 Å². The van der Waals surface area contributed by atoms with Crippen LogP contribution in [0.4, 0.5) is 0 Å². The minimum Gasteiger partial charge on any atom is -0.389 e. The van der Waals surface area contributed by atoms with Crippen molar-refractivity contribution in [3.8, 4) is 12.8 Å². The summed E-state index contributed by atoms with van der Waals surface area (Å²) >= 11 is 1.68. The third-order valence-corrected chi connectivity index (χ3v) is 3.53. The van der Waals surface area contributed by atoms with Crippen LogP contribution in [-0.4, -0.2) is 26.0 Å². The Balaban J connectivity index is 0.00000191. The van der Waals surface area contributed by atoms with Gasteiger partial charge >= 0.3 is 0 Å². The highest BCUT2D eigenvalue weighted by Crippen LogP contribution is 2.17. The highest BCUT2D eigenvalue weighted by atomic mass is 32.2. The summed E-state index contributed by atoms with van der Waals surface area (Å²) in [6, 6.07) is 0. The molecular formula is C16H25N3OS. The lowest BCUT2D eigenvalue weighted by Crippen LogP contribution is -1.96. The maximum Gasteiger partial charge on any atom is 0.0759 e. The molecule has 0 spiro atoms. The number of hydrogen-bond acceptors (Lipinski definition) is 4. The lowest BCUT2D eigenvalue weighted by Gasteiger charge is -2.02. The van der Waals surface area contributed by atoms with Crippen LogP contribution < -0.4 is 0 Å². The van der Waals surface area contributed by atoms with Crippen LogP contribution in [0.2, 0.25) is 0 Å². The van der Waals surface area contributed by atoms with E-state index in [1.54, 1.807) is 24.8 Å². The van der Waals surface area contributed by atoms with Crippen LogP contribution in [0.3, 0.4) is 0 Å². The topological polar surface area (TPSA) is 50.4 Å². The molecular weight excluding hydrogens is 282 g/mol. The summed E-state index contributed by atoms with van der Waals surface area (Å²) in [5.41, 5.74) is 3.26. The second-order valence-corrected chi connectivity index (χ2v) is 5.76. The lowest BCUT2D eigenvalue weighted by molar-refractivity contribution is 0.243. The molecule has 1 heterocycles. The van der Waals surface area contributed by atoms with Gasteiger partial charge in [-0.05, 0) is 38.8 Å². The predicted octanol–water partition coefficient (Wildman–Crippen LogP) is 3.17. The SMILES string of the molecule is C#C.CCc1cn(C)nc1CSC(C)=N/C(C)=C\C(C)O. The summed E-state index contributed by atoms with van der Waals surface area (Å²) in [7, 11) is 1.95. The highest BCUT2D eigenvalue weighted by Gasteiger charge is 2.06. The lowest BCUT2D eigenvalue weighted by atomic mass is 10.2. The van der Waals surface area contributed by atoms with Gasteiger partial charge in [0.2, 0.25) is 0 Å². The molecule has 0 radical (unpaired) electrons. The normalized spacial score (nSPS) is 13.5. The number of allylic oxidation sites excluding steroid dienone is 1. The van der Waals surface area contributed by atoms with Gasteiger partial charge in [-0.3, -0.25) is 9.67 Å². The molecule has 116 valence electrons. The number of rotatable bonds is 5. The second kappa shape index (κ2) is 10.3. The molecule has 0 saturated heterocycles. The molecule has 0 aliphatic carbocycles. The van der Waals surface area contributed by atoms with Crippen molar-refractivity contribution in [2.24, 2.45) is 12.0 Å². The predicted molar refractivity (Wildman–Crippen MR) is 92.3 cm³/mol. The number of aliphatic imine (C=N–C) groups is 1. The van der Waals surface area contributed by atoms with E-state index in [1.807, 2.05) is 25.6 Å². The molecule has 0 fully saturated rings. The van der Waals surface area contributed by atoms with E-state index in [0.29, 0.717) is 0 Å². The highest BCUT2D eigenvalue weighted by molar-refractivity contribution is 8.13. The van der Waals surface area contributed by atoms with Gasteiger partial charge in [-0.1, -0.05) is 6.92 Å². The monoisotopic (exact) mass is 307 g/mol. The number of thioether (sulfide) groups is 1. The van der Waals surface area contributed by atoms with Crippen LogP contribution in [-0.2, 0) is 19.2 Å². The summed E-state index contributed by atoms with van der Waals surface area (Å²) in [4.78, 5) is 4.44. The van der Waals surface area contributed by atoms with Crippen molar-refractivity contribution in [3.63, 3.8) is 0 Å². The smallest absolute Gasteiger partial charge is 0.0759 e. The fourth-order valence-electron chi connectivity index (χ4n) is 1.84. The summed E-state index contributed by atoms with van der Waals surface area (Å²) in [6.45, 7) is 7.75. The zero-order valence-corrected chi connectivity index (χ0v) is 14.3. The van der Waals surface area contributed by atoms with E-state index in [2.05, 4.69) is 36.1 Å². The molecule has 1 atom stereocenters. The third kappa shape index (κ3) is 7.74. The summed E-state index contributed by atoms with van der Waals surface area (Å²) in [5.74, 6) is 0.835. The van der Waals surface area contributed by atoms with Gasteiger partial charge in [-0.25, -0.2) is 0 Å². The number of aliphatic hydroxyl groups excluding tert-OH is 1. The van der Waals surface area contributed by atoms with E-state index in [9.17, 15) is 5.11 Å². The van der Waals surface area contributed by atoms with Crippen LogP contribution in [0, 0.1) is 12.8 Å². The molecule has 1 unspecified atom stereocenters. The van der Waals surface area contributed by atoms with Crippen molar-refractivity contribution in [2.75, 3.05) is 0 Å². The Bertz CT molecular complexity index is 513. The minimum atomic E-state index is -0.455. The summed E-state index contributed by atoms with van der Waals surface area (Å²) in [6.07, 6.45) is 12.4. The maximum atomic E-state index is 9.25. The van der Waals surface area contributed by atoms with Gasteiger partial charge in [-0.2, -0.15) is 5.10 Å². The fraction of sp³-hybridized carbons (Fsp3) is 0.500. The second-order valence-electron chi connectivity index (χ2n) is 4.60. The van der Waals surface area contributed by atoms with Gasteiger partial charge in [0.1, 0.15) is 0 Å². The Morgan fingerprint density at radius 3 is 2.67 bits per heavy atom. The fourth-order valence-corrected chi connectivity index (χ4v) is 2.64. The summed E-state index contributed by atoms with van der Waals surface area (Å²) < 4.78 is 1.86. The zero-order valence-electron chi connectivity index (χ0n) is 13.5. The van der Waals surface area contributed by atoms with Gasteiger partial charge in [0, 0.05) is 24.7 Å². The average molecular weight is 307 g/mol. The largest absolute Gasteiger partial charge is 0.389 e. The average Bonchev–Trinajstić information content (AvgIpc) is 2.78. The van der Waals surface area contributed by atoms with Gasteiger partial charge in [0.15, 0.2) is 0 Å². The van der Waals surface area contributed by atoms with Crippen LogP contribution in [0.5, 0.6) is 0 Å². The molecule has 1 N–H and O–H groups in total. The minimum absolute atomic E-state index is 0.455. The Labute approximate surface area is 132 Å². The standard InChI is InChI=1S/C14H23N3OS.C2H2/c1-6-13-8-17(5)16-14(13)9-19-12(4)15-10(2)7-11(3)18;1-2/h7-8,11,18H,6,9H2,1-5H3;1-2H/b10-7-,15-12?;. The van der Waals surface area contributed by atoms with E-state index in [-0.39, 0.29) is 0 Å². The van der Waals surface area contributed by atoms with Crippen molar-refractivity contribution in [1.29, 1.82) is 0 Å². The van der Waals surface area contributed by atoms with Crippen molar-refractivity contribution in [3.05, 3.63) is 29.2 Å². The number of aliphatic hydroxyl groups is 1. The van der Waals surface area contributed by atoms with Crippen molar-refractivity contribution in [2.45, 2.75) is 46.0 Å². The summed E-state index contributed by atoms with van der Waals surface area (Å²) in [5, 5.41) is 14.7. The zero-order chi connectivity index (χ0) is 16.4. The molecule has 0 saturated carbocycles. The Hall–Kier alpha value is -1.51. The Kier molecular flexibility index (Phi) is 9.51. The van der Waals surface area contributed by atoms with Crippen LogP contribution >= 0.6 is 11.8 Å². The molecule has 0 amide bonds. The van der Waals surface area contributed by atoms with Crippen molar-refractivity contribution >= 4 is 16.8 Å². The number of aryl methyl sites for hydroxylation is 2. The molecule has 5 heteroatoms. The van der Waals surface area contributed by atoms with Gasteiger partial charge < -0.3 is 5.11 Å². The number of terminal acetylenes is 1. The van der Waals surface area contributed by atoms with Crippen LogP contribution in [0.1, 0.15) is 39.0 Å². The molecule has 21 heavy (non-hydrogen) atoms. The molecule has 0 aliphatic heterocycles. The quantitative estimate of drug-likeness (QED) is 0.516. The van der Waals surface area contributed by atoms with E-state index in [4.69, 9.17) is 0 Å². The molecule has 1 aromatic rings. The van der Waals surface area contributed by atoms with E-state index in [0.717, 1.165) is 28.6 Å². The molecule has 0 aliphatic rings. The molecule has 4 nitrogen and oxygen atoms in total. The van der Waals surface area contributed by atoms with Crippen molar-refractivity contribution in [1.82, 2.24) is 9.78 Å². The number of nitrogens with zero attached hydrogens (tertiary/aromatic N) is 3. The van der Waals surface area contributed by atoms with Gasteiger partial charge in [-0.15, -0.1) is 24.6 Å². The van der Waals surface area contributed by atoms with Crippen LogP contribution in [0.15, 0.2) is 23.0 Å².